The van der Waals surface area contributed by atoms with Crippen molar-refractivity contribution in [3.8, 4) is 11.5 Å². The van der Waals surface area contributed by atoms with Crippen molar-refractivity contribution in [2.24, 2.45) is 0 Å². The Morgan fingerprint density at radius 1 is 1.06 bits per heavy atom. The topological polar surface area (TPSA) is 92.4 Å². The van der Waals surface area contributed by atoms with Gasteiger partial charge in [0.1, 0.15) is 13.9 Å². The van der Waals surface area contributed by atoms with E-state index in [0.717, 1.165) is 18.3 Å². The lowest BCUT2D eigenvalue weighted by Gasteiger charge is -2.38. The summed E-state index contributed by atoms with van der Waals surface area (Å²) in [6.07, 6.45) is 0.782. The Labute approximate surface area is 208 Å². The summed E-state index contributed by atoms with van der Waals surface area (Å²) in [6, 6.07) is 3.38. The Morgan fingerprint density at radius 3 is 2.08 bits per heavy atom. The first-order valence-corrected chi connectivity index (χ1v) is 15.0. The predicted octanol–water partition coefficient (Wildman–Crippen LogP) is 4.28. The molecule has 0 radical (unpaired) electrons. The lowest BCUT2D eigenvalue weighted by molar-refractivity contribution is -0.0448. The molecule has 3 rings (SSSR count). The van der Waals surface area contributed by atoms with Gasteiger partial charge in [-0.25, -0.2) is 4.39 Å². The van der Waals surface area contributed by atoms with Crippen LogP contribution in [0.3, 0.4) is 0 Å². The number of nitrogens with zero attached hydrogens (tertiary/aromatic N) is 2. The maximum absolute atomic E-state index is 15.2. The average Bonchev–Trinajstić information content (AvgIpc) is 3.16. The highest BCUT2D eigenvalue weighted by molar-refractivity contribution is 7.90. The number of benzene rings is 2. The first-order chi connectivity index (χ1) is 16.5. The van der Waals surface area contributed by atoms with E-state index in [2.05, 4.69) is 58.1 Å². The molecular weight excluding hydrogens is 515 g/mol. The summed E-state index contributed by atoms with van der Waals surface area (Å²) >= 11 is 0. The first kappa shape index (κ1) is 28.2. The number of halogens is 4. The molecule has 6 nitrogen and oxygen atoms in total. The van der Waals surface area contributed by atoms with Gasteiger partial charge in [0.15, 0.2) is 0 Å². The van der Waals surface area contributed by atoms with E-state index in [9.17, 15) is 31.6 Å². The van der Waals surface area contributed by atoms with Crippen molar-refractivity contribution >= 4 is 52.4 Å². The van der Waals surface area contributed by atoms with Crippen LogP contribution in [0.5, 0.6) is 0 Å². The van der Waals surface area contributed by atoms with E-state index in [1.54, 1.807) is 0 Å². The van der Waals surface area contributed by atoms with Gasteiger partial charge < -0.3 is 10.0 Å². The van der Waals surface area contributed by atoms with Gasteiger partial charge in [-0.1, -0.05) is 53.5 Å². The number of hydrogen-bond acceptors (Lipinski definition) is 5. The van der Waals surface area contributed by atoms with E-state index in [1.165, 1.54) is 6.07 Å². The number of aromatic nitrogens is 2. The minimum atomic E-state index is -5.90. The number of fused-ring (bicyclic) bond motifs is 2. The van der Waals surface area contributed by atoms with E-state index in [1.807, 2.05) is 0 Å². The molecule has 194 valence electrons. The Morgan fingerprint density at radius 2 is 1.61 bits per heavy atom. The molecule has 0 saturated carbocycles. The normalized spacial score (nSPS) is 13.2. The third-order valence-corrected chi connectivity index (χ3v) is 14.5. The minimum absolute atomic E-state index is 0.0203. The molecular formula is C23H27BF4N2O4SSi. The van der Waals surface area contributed by atoms with Gasteiger partial charge in [0.25, 0.3) is 0 Å². The van der Waals surface area contributed by atoms with E-state index < -0.39 is 42.1 Å². The predicted molar refractivity (Wildman–Crippen MR) is 135 cm³/mol. The highest BCUT2D eigenvalue weighted by Gasteiger charge is 2.49. The molecule has 3 aromatic rings. The molecule has 2 N–H and O–H groups in total. The molecule has 0 spiro atoms. The smallest absolute Gasteiger partial charge is 0.423 e. The molecule has 36 heavy (non-hydrogen) atoms. The highest BCUT2D eigenvalue weighted by atomic mass is 32.2. The molecule has 0 atom stereocenters. The van der Waals surface area contributed by atoms with Crippen molar-refractivity contribution < 1.29 is 36.0 Å². The minimum Gasteiger partial charge on any atom is -0.423 e. The van der Waals surface area contributed by atoms with E-state index >= 15 is 4.39 Å². The average molecular weight is 542 g/mol. The van der Waals surface area contributed by atoms with Crippen molar-refractivity contribution in [3.63, 3.8) is 0 Å². The van der Waals surface area contributed by atoms with E-state index in [0.29, 0.717) is 0 Å². The summed E-state index contributed by atoms with van der Waals surface area (Å²) in [7, 11) is -10.5. The molecule has 0 bridgehead atoms. The van der Waals surface area contributed by atoms with Crippen LogP contribution >= 0.6 is 0 Å². The number of alkyl halides is 3. The van der Waals surface area contributed by atoms with Crippen LogP contribution in [0, 0.1) is 17.3 Å². The summed E-state index contributed by atoms with van der Waals surface area (Å²) in [6.45, 7) is 12.4. The van der Waals surface area contributed by atoms with Crippen molar-refractivity contribution in [2.75, 3.05) is 0 Å². The Kier molecular flexibility index (Phi) is 7.42. The Balaban J connectivity index is 2.48. The monoisotopic (exact) mass is 542 g/mol. The fraction of sp³-hybridized carbons (Fsp3) is 0.435. The zero-order valence-electron chi connectivity index (χ0n) is 20.6. The standard InChI is InChI=1S/C23H27BF4N2O4SSi/c1-13(2)36(14(3)4,15(5)6)10-9-17-19(25)8-7-16-11-20-18(22(21(16)17)24(31)32)12-29-30(20)35(33,34)23(26,27)28/h7-8,11-15,31-32H,1-6H3. The van der Waals surface area contributed by atoms with Gasteiger partial charge in [0, 0.05) is 16.2 Å². The van der Waals surface area contributed by atoms with Gasteiger partial charge in [0.2, 0.25) is 0 Å². The summed E-state index contributed by atoms with van der Waals surface area (Å²) in [4.78, 5) is 0. The van der Waals surface area contributed by atoms with Crippen molar-refractivity contribution in [1.29, 1.82) is 0 Å². The molecule has 2 aromatic carbocycles. The van der Waals surface area contributed by atoms with Gasteiger partial charge in [-0.15, -0.1) is 9.63 Å². The molecule has 0 aliphatic carbocycles. The second kappa shape index (κ2) is 9.48. The SMILES string of the molecule is CC(C)[Si](C#Cc1c(F)ccc2cc3c(cnn3S(=O)(=O)C(F)(F)F)c(B(O)O)c12)(C(C)C)C(C)C. The fourth-order valence-electron chi connectivity index (χ4n) is 5.25. The molecule has 1 heterocycles. The molecule has 13 heteroatoms. The molecule has 0 aliphatic heterocycles. The Bertz CT molecular complexity index is 1470. The zero-order valence-corrected chi connectivity index (χ0v) is 22.5. The summed E-state index contributed by atoms with van der Waals surface area (Å²) in [5.41, 5.74) is -2.64. The van der Waals surface area contributed by atoms with Crippen molar-refractivity contribution in [1.82, 2.24) is 9.19 Å². The van der Waals surface area contributed by atoms with Gasteiger partial charge in [-0.3, -0.25) is 0 Å². The maximum Gasteiger partial charge on any atom is 0.518 e. The summed E-state index contributed by atoms with van der Waals surface area (Å²) in [5, 5.41) is 23.5. The van der Waals surface area contributed by atoms with Gasteiger partial charge in [0.05, 0.1) is 17.3 Å². The van der Waals surface area contributed by atoms with E-state index in [4.69, 9.17) is 0 Å². The van der Waals surface area contributed by atoms with Crippen LogP contribution in [0.1, 0.15) is 47.1 Å². The zero-order chi connectivity index (χ0) is 27.4. The first-order valence-electron chi connectivity index (χ1n) is 11.3. The van der Waals surface area contributed by atoms with Crippen LogP contribution in [0.2, 0.25) is 16.6 Å². The molecule has 0 unspecified atom stereocenters. The third-order valence-electron chi connectivity index (χ3n) is 6.86. The van der Waals surface area contributed by atoms with Gasteiger partial charge in [-0.2, -0.15) is 26.7 Å². The third kappa shape index (κ3) is 4.34. The Hall–Kier alpha value is -2.40. The lowest BCUT2D eigenvalue weighted by Crippen LogP contribution is -2.43. The quantitative estimate of drug-likeness (QED) is 0.286. The van der Waals surface area contributed by atoms with E-state index in [-0.39, 0.29) is 47.9 Å². The van der Waals surface area contributed by atoms with Crippen LogP contribution in [-0.4, -0.2) is 48.4 Å². The van der Waals surface area contributed by atoms with Crippen LogP contribution < -0.4 is 5.46 Å². The second-order valence-electron chi connectivity index (χ2n) is 9.70. The highest BCUT2D eigenvalue weighted by Crippen LogP contribution is 2.41. The van der Waals surface area contributed by atoms with Crippen LogP contribution in [0.15, 0.2) is 24.4 Å². The van der Waals surface area contributed by atoms with Gasteiger partial charge in [-0.05, 0) is 34.1 Å². The summed E-state index contributed by atoms with van der Waals surface area (Å²) in [5.74, 6) is 2.21. The van der Waals surface area contributed by atoms with Crippen molar-refractivity contribution in [3.05, 3.63) is 35.8 Å². The van der Waals surface area contributed by atoms with Crippen molar-refractivity contribution in [2.45, 2.75) is 63.7 Å². The maximum atomic E-state index is 15.2. The largest absolute Gasteiger partial charge is 0.518 e. The van der Waals surface area contributed by atoms with Gasteiger partial charge >= 0.3 is 22.7 Å². The molecule has 0 saturated heterocycles. The molecule has 0 amide bonds. The number of rotatable bonds is 5. The lowest BCUT2D eigenvalue weighted by atomic mass is 9.74. The molecule has 1 aromatic heterocycles. The molecule has 0 aliphatic rings. The second-order valence-corrected chi connectivity index (χ2v) is 17.0. The molecule has 0 fully saturated rings. The number of hydrogen-bond donors (Lipinski definition) is 2. The van der Waals surface area contributed by atoms with Crippen LogP contribution in [0.25, 0.3) is 21.7 Å². The van der Waals surface area contributed by atoms with Crippen LogP contribution in [0.4, 0.5) is 17.6 Å². The van der Waals surface area contributed by atoms with Crippen LogP contribution in [-0.2, 0) is 10.0 Å². The summed E-state index contributed by atoms with van der Waals surface area (Å²) < 4.78 is 78.7. The fourth-order valence-corrected chi connectivity index (χ4v) is 11.2.